The third kappa shape index (κ3) is 3.34. The van der Waals surface area contributed by atoms with Crippen molar-refractivity contribution in [2.24, 2.45) is 7.05 Å². The summed E-state index contributed by atoms with van der Waals surface area (Å²) in [5.74, 6) is 1.20. The molecule has 5 heteroatoms. The van der Waals surface area contributed by atoms with Gasteiger partial charge in [-0.15, -0.1) is 0 Å². The second-order valence-corrected chi connectivity index (χ2v) is 4.07. The molecule has 0 aliphatic rings. The highest BCUT2D eigenvalue weighted by atomic mass is 16.5. The third-order valence-electron chi connectivity index (χ3n) is 2.56. The molecule has 0 bridgehead atoms. The molecule has 1 aromatic carbocycles. The van der Waals surface area contributed by atoms with Crippen molar-refractivity contribution in [2.45, 2.75) is 13.5 Å². The van der Waals surface area contributed by atoms with Crippen molar-refractivity contribution in [3.8, 4) is 11.5 Å². The van der Waals surface area contributed by atoms with E-state index in [-0.39, 0.29) is 0 Å². The molecule has 5 nitrogen and oxygen atoms in total. The van der Waals surface area contributed by atoms with E-state index in [1.807, 2.05) is 20.2 Å². The summed E-state index contributed by atoms with van der Waals surface area (Å²) in [7, 11) is 1.86. The van der Waals surface area contributed by atoms with Crippen molar-refractivity contribution in [2.75, 3.05) is 6.61 Å². The van der Waals surface area contributed by atoms with Gasteiger partial charge in [-0.05, 0) is 25.1 Å². The Morgan fingerprint density at radius 1 is 1.32 bits per heavy atom. The standard InChI is InChI=1S/C14H16N2O3/c1-3-18-14-6-11(9-17)4-5-13(14)19-10-12-7-15-16(2)8-12/h4-9H,3,10H2,1-2H3. The van der Waals surface area contributed by atoms with E-state index in [1.165, 1.54) is 0 Å². The van der Waals surface area contributed by atoms with Crippen molar-refractivity contribution in [3.63, 3.8) is 0 Å². The summed E-state index contributed by atoms with van der Waals surface area (Å²) >= 11 is 0. The zero-order chi connectivity index (χ0) is 13.7. The van der Waals surface area contributed by atoms with Crippen LogP contribution in [0, 0.1) is 0 Å². The number of hydrogen-bond donors (Lipinski definition) is 0. The first-order valence-corrected chi connectivity index (χ1v) is 6.05. The SMILES string of the molecule is CCOc1cc(C=O)ccc1OCc1cnn(C)c1. The van der Waals surface area contributed by atoms with Crippen LogP contribution in [0.1, 0.15) is 22.8 Å². The lowest BCUT2D eigenvalue weighted by molar-refractivity contribution is 0.112. The number of aryl methyl sites for hydroxylation is 1. The Hall–Kier alpha value is -2.30. The first kappa shape index (κ1) is 13.1. The Labute approximate surface area is 111 Å². The second-order valence-electron chi connectivity index (χ2n) is 4.07. The van der Waals surface area contributed by atoms with E-state index in [0.29, 0.717) is 30.3 Å². The lowest BCUT2D eigenvalue weighted by Gasteiger charge is -2.11. The van der Waals surface area contributed by atoms with Gasteiger partial charge in [0.05, 0.1) is 12.8 Å². The molecule has 0 saturated heterocycles. The second kappa shape index (κ2) is 6.04. The van der Waals surface area contributed by atoms with E-state index in [0.717, 1.165) is 11.8 Å². The van der Waals surface area contributed by atoms with Crippen LogP contribution in [0.4, 0.5) is 0 Å². The number of nitrogens with zero attached hydrogens (tertiary/aromatic N) is 2. The molecule has 0 aliphatic heterocycles. The van der Waals surface area contributed by atoms with Gasteiger partial charge in [0.1, 0.15) is 12.9 Å². The normalized spacial score (nSPS) is 10.2. The lowest BCUT2D eigenvalue weighted by atomic mass is 10.2. The van der Waals surface area contributed by atoms with Gasteiger partial charge in [-0.3, -0.25) is 9.48 Å². The van der Waals surface area contributed by atoms with Gasteiger partial charge in [-0.2, -0.15) is 5.10 Å². The maximum atomic E-state index is 10.7. The topological polar surface area (TPSA) is 53.4 Å². The summed E-state index contributed by atoms with van der Waals surface area (Å²) in [6.07, 6.45) is 4.42. The van der Waals surface area contributed by atoms with Gasteiger partial charge in [0.15, 0.2) is 11.5 Å². The van der Waals surface area contributed by atoms with E-state index in [2.05, 4.69) is 5.10 Å². The maximum Gasteiger partial charge on any atom is 0.161 e. The molecular formula is C14H16N2O3. The van der Waals surface area contributed by atoms with Crippen LogP contribution in [0.2, 0.25) is 0 Å². The fourth-order valence-corrected chi connectivity index (χ4v) is 1.69. The van der Waals surface area contributed by atoms with Gasteiger partial charge in [0.25, 0.3) is 0 Å². The molecule has 0 saturated carbocycles. The van der Waals surface area contributed by atoms with Crippen LogP contribution in [0.5, 0.6) is 11.5 Å². The number of rotatable bonds is 6. The molecule has 19 heavy (non-hydrogen) atoms. The summed E-state index contributed by atoms with van der Waals surface area (Å²) < 4.78 is 12.9. The Bertz CT molecular complexity index is 564. The zero-order valence-electron chi connectivity index (χ0n) is 11.0. The monoisotopic (exact) mass is 260 g/mol. The first-order valence-electron chi connectivity index (χ1n) is 6.05. The van der Waals surface area contributed by atoms with E-state index in [4.69, 9.17) is 9.47 Å². The number of hydrogen-bond acceptors (Lipinski definition) is 4. The minimum Gasteiger partial charge on any atom is -0.490 e. The van der Waals surface area contributed by atoms with E-state index < -0.39 is 0 Å². The van der Waals surface area contributed by atoms with Crippen molar-refractivity contribution >= 4 is 6.29 Å². The molecule has 1 heterocycles. The van der Waals surface area contributed by atoms with Gasteiger partial charge < -0.3 is 9.47 Å². The summed E-state index contributed by atoms with van der Waals surface area (Å²) in [5, 5.41) is 4.07. The Morgan fingerprint density at radius 3 is 2.79 bits per heavy atom. The average Bonchev–Trinajstić information content (AvgIpc) is 2.83. The minimum absolute atomic E-state index is 0.411. The average molecular weight is 260 g/mol. The quantitative estimate of drug-likeness (QED) is 0.747. The molecule has 2 aromatic rings. The number of benzene rings is 1. The number of aldehydes is 1. The Kier molecular flexibility index (Phi) is 4.18. The van der Waals surface area contributed by atoms with Crippen molar-refractivity contribution in [3.05, 3.63) is 41.7 Å². The molecule has 100 valence electrons. The van der Waals surface area contributed by atoms with E-state index >= 15 is 0 Å². The maximum absolute atomic E-state index is 10.7. The number of carbonyl (C=O) groups is 1. The number of ether oxygens (including phenoxy) is 2. The van der Waals surface area contributed by atoms with Crippen LogP contribution in [-0.4, -0.2) is 22.7 Å². The van der Waals surface area contributed by atoms with E-state index in [1.54, 1.807) is 29.1 Å². The van der Waals surface area contributed by atoms with Crippen LogP contribution in [-0.2, 0) is 13.7 Å². The van der Waals surface area contributed by atoms with Crippen LogP contribution in [0.25, 0.3) is 0 Å². The molecule has 0 radical (unpaired) electrons. The Morgan fingerprint density at radius 2 is 2.16 bits per heavy atom. The highest BCUT2D eigenvalue weighted by Gasteiger charge is 2.07. The van der Waals surface area contributed by atoms with Crippen LogP contribution in [0.15, 0.2) is 30.6 Å². The van der Waals surface area contributed by atoms with Crippen molar-refractivity contribution < 1.29 is 14.3 Å². The smallest absolute Gasteiger partial charge is 0.161 e. The summed E-state index contributed by atoms with van der Waals surface area (Å²) in [5.41, 5.74) is 1.54. The van der Waals surface area contributed by atoms with Gasteiger partial charge in [0, 0.05) is 24.4 Å². The van der Waals surface area contributed by atoms with Crippen LogP contribution in [0.3, 0.4) is 0 Å². The predicted molar refractivity (Wildman–Crippen MR) is 70.5 cm³/mol. The fraction of sp³-hybridized carbons (Fsp3) is 0.286. The molecule has 0 atom stereocenters. The van der Waals surface area contributed by atoms with Gasteiger partial charge in [-0.1, -0.05) is 0 Å². The van der Waals surface area contributed by atoms with Crippen molar-refractivity contribution in [1.82, 2.24) is 9.78 Å². The highest BCUT2D eigenvalue weighted by Crippen LogP contribution is 2.28. The molecule has 0 unspecified atom stereocenters. The minimum atomic E-state index is 0.411. The molecule has 0 fully saturated rings. The molecule has 1 aromatic heterocycles. The molecule has 0 spiro atoms. The summed E-state index contributed by atoms with van der Waals surface area (Å²) in [6.45, 7) is 2.82. The molecule has 0 aliphatic carbocycles. The lowest BCUT2D eigenvalue weighted by Crippen LogP contribution is -2.00. The third-order valence-corrected chi connectivity index (χ3v) is 2.56. The number of carbonyl (C=O) groups excluding carboxylic acids is 1. The summed E-state index contributed by atoms with van der Waals surface area (Å²) in [4.78, 5) is 10.7. The number of aromatic nitrogens is 2. The fourth-order valence-electron chi connectivity index (χ4n) is 1.69. The first-order chi connectivity index (χ1) is 9.22. The van der Waals surface area contributed by atoms with Crippen LogP contribution >= 0.6 is 0 Å². The molecule has 0 amide bonds. The van der Waals surface area contributed by atoms with Crippen molar-refractivity contribution in [1.29, 1.82) is 0 Å². The largest absolute Gasteiger partial charge is 0.490 e. The van der Waals surface area contributed by atoms with Crippen LogP contribution < -0.4 is 9.47 Å². The molecule has 2 rings (SSSR count). The molecule has 0 N–H and O–H groups in total. The van der Waals surface area contributed by atoms with Gasteiger partial charge in [0.2, 0.25) is 0 Å². The van der Waals surface area contributed by atoms with E-state index in [9.17, 15) is 4.79 Å². The Balaban J connectivity index is 2.12. The highest BCUT2D eigenvalue weighted by molar-refractivity contribution is 5.76. The van der Waals surface area contributed by atoms with Gasteiger partial charge in [-0.25, -0.2) is 0 Å². The predicted octanol–water partition coefficient (Wildman–Crippen LogP) is 2.21. The zero-order valence-corrected chi connectivity index (χ0v) is 11.0. The molecular weight excluding hydrogens is 244 g/mol. The van der Waals surface area contributed by atoms with Gasteiger partial charge >= 0.3 is 0 Å². The summed E-state index contributed by atoms with van der Waals surface area (Å²) in [6, 6.07) is 5.12.